The van der Waals surface area contributed by atoms with E-state index < -0.39 is 0 Å². The molecule has 7 heteroatoms. The van der Waals surface area contributed by atoms with Gasteiger partial charge in [0, 0.05) is 38.1 Å². The van der Waals surface area contributed by atoms with Crippen molar-refractivity contribution in [3.63, 3.8) is 0 Å². The van der Waals surface area contributed by atoms with Gasteiger partial charge in [0.15, 0.2) is 0 Å². The molecule has 1 amide bonds. The molecule has 1 unspecified atom stereocenters. The lowest BCUT2D eigenvalue weighted by Crippen LogP contribution is -2.48. The van der Waals surface area contributed by atoms with E-state index in [0.29, 0.717) is 18.2 Å². The molecule has 4 rings (SSSR count). The van der Waals surface area contributed by atoms with E-state index in [1.165, 1.54) is 11.9 Å². The number of nitrogens with zero attached hydrogens (tertiary/aromatic N) is 6. The molecule has 140 valence electrons. The van der Waals surface area contributed by atoms with Gasteiger partial charge in [0.25, 0.3) is 5.78 Å². The summed E-state index contributed by atoms with van der Waals surface area (Å²) in [5.41, 5.74) is 2.16. The first kappa shape index (κ1) is 17.6. The molecule has 1 aliphatic heterocycles. The molecular formula is C20H24N6O. The van der Waals surface area contributed by atoms with Crippen LogP contribution in [0.4, 0.5) is 0 Å². The van der Waals surface area contributed by atoms with E-state index in [0.717, 1.165) is 38.0 Å². The quantitative estimate of drug-likeness (QED) is 0.691. The molecule has 0 N–H and O–H groups in total. The number of likely N-dealkylation sites (N-methyl/N-ethyl adjacent to an activating group) is 1. The van der Waals surface area contributed by atoms with Crippen molar-refractivity contribution in [2.45, 2.75) is 31.8 Å². The summed E-state index contributed by atoms with van der Waals surface area (Å²) in [4.78, 5) is 25.4. The highest BCUT2D eigenvalue weighted by Gasteiger charge is 2.26. The van der Waals surface area contributed by atoms with Gasteiger partial charge in [-0.1, -0.05) is 30.3 Å². The topological polar surface area (TPSA) is 66.6 Å². The molecule has 1 aliphatic rings. The number of likely N-dealkylation sites (tertiary alicyclic amines) is 1. The van der Waals surface area contributed by atoms with Crippen LogP contribution in [0.5, 0.6) is 0 Å². The lowest BCUT2D eigenvalue weighted by Gasteiger charge is -2.37. The Labute approximate surface area is 158 Å². The Hall–Kier alpha value is -2.80. The number of carbonyl (C=O) groups is 1. The molecule has 0 spiro atoms. The van der Waals surface area contributed by atoms with Gasteiger partial charge in [-0.05, 0) is 31.0 Å². The van der Waals surface area contributed by atoms with Gasteiger partial charge in [0.05, 0.1) is 6.42 Å². The summed E-state index contributed by atoms with van der Waals surface area (Å²) in [6.45, 7) is 2.51. The third kappa shape index (κ3) is 4.14. The van der Waals surface area contributed by atoms with Gasteiger partial charge in [0.2, 0.25) is 5.91 Å². The zero-order valence-electron chi connectivity index (χ0n) is 15.5. The molecule has 0 radical (unpaired) electrons. The van der Waals surface area contributed by atoms with E-state index in [2.05, 4.69) is 51.3 Å². The molecule has 2 aromatic heterocycles. The van der Waals surface area contributed by atoms with Gasteiger partial charge in [-0.25, -0.2) is 9.50 Å². The number of piperidine rings is 1. The monoisotopic (exact) mass is 364 g/mol. The summed E-state index contributed by atoms with van der Waals surface area (Å²) in [5.74, 6) is 0.695. The standard InChI is InChI=1S/C20H24N6O/c1-24(12-16-6-3-2-4-7-16)18-8-5-9-25(14-18)19(27)10-17-11-21-20-22-15-23-26(20)13-17/h2-4,6-7,11,13,15,18H,5,8-10,12,14H2,1H3. The summed E-state index contributed by atoms with van der Waals surface area (Å²) in [7, 11) is 2.15. The molecule has 1 saturated heterocycles. The highest BCUT2D eigenvalue weighted by Crippen LogP contribution is 2.18. The number of rotatable bonds is 5. The molecule has 1 fully saturated rings. The fourth-order valence-corrected chi connectivity index (χ4v) is 3.68. The van der Waals surface area contributed by atoms with Crippen LogP contribution in [-0.2, 0) is 17.8 Å². The van der Waals surface area contributed by atoms with E-state index in [1.807, 2.05) is 17.2 Å². The van der Waals surface area contributed by atoms with Crippen LogP contribution in [0.2, 0.25) is 0 Å². The van der Waals surface area contributed by atoms with Crippen LogP contribution in [0.1, 0.15) is 24.0 Å². The van der Waals surface area contributed by atoms with Crippen molar-refractivity contribution in [1.29, 1.82) is 0 Å². The second kappa shape index (κ2) is 7.84. The zero-order valence-corrected chi connectivity index (χ0v) is 15.5. The smallest absolute Gasteiger partial charge is 0.252 e. The zero-order chi connectivity index (χ0) is 18.6. The third-order valence-corrected chi connectivity index (χ3v) is 5.19. The van der Waals surface area contributed by atoms with Gasteiger partial charge >= 0.3 is 0 Å². The average molecular weight is 364 g/mol. The summed E-state index contributed by atoms with van der Waals surface area (Å²) >= 11 is 0. The maximum absolute atomic E-state index is 12.8. The van der Waals surface area contributed by atoms with Crippen molar-refractivity contribution in [1.82, 2.24) is 29.4 Å². The van der Waals surface area contributed by atoms with E-state index in [4.69, 9.17) is 0 Å². The third-order valence-electron chi connectivity index (χ3n) is 5.19. The van der Waals surface area contributed by atoms with Crippen LogP contribution in [0, 0.1) is 0 Å². The lowest BCUT2D eigenvalue weighted by molar-refractivity contribution is -0.132. The normalized spacial score (nSPS) is 17.6. The van der Waals surface area contributed by atoms with Crippen molar-refractivity contribution in [3.05, 3.63) is 60.2 Å². The predicted octanol–water partition coefficient (Wildman–Crippen LogP) is 1.79. The van der Waals surface area contributed by atoms with Crippen LogP contribution in [0.15, 0.2) is 49.1 Å². The first-order valence-corrected chi connectivity index (χ1v) is 9.35. The summed E-state index contributed by atoms with van der Waals surface area (Å²) in [6.07, 6.45) is 7.51. The second-order valence-corrected chi connectivity index (χ2v) is 7.18. The molecule has 0 bridgehead atoms. The molecule has 27 heavy (non-hydrogen) atoms. The minimum atomic E-state index is 0.147. The summed E-state index contributed by atoms with van der Waals surface area (Å²) < 4.78 is 1.61. The molecule has 1 atom stereocenters. The van der Waals surface area contributed by atoms with Crippen molar-refractivity contribution in [2.24, 2.45) is 0 Å². The Morgan fingerprint density at radius 3 is 2.93 bits per heavy atom. The van der Waals surface area contributed by atoms with Crippen LogP contribution < -0.4 is 0 Å². The van der Waals surface area contributed by atoms with Crippen molar-refractivity contribution >= 4 is 11.7 Å². The van der Waals surface area contributed by atoms with Crippen LogP contribution in [0.3, 0.4) is 0 Å². The van der Waals surface area contributed by atoms with Gasteiger partial charge in [-0.2, -0.15) is 10.1 Å². The Morgan fingerprint density at radius 1 is 1.22 bits per heavy atom. The minimum absolute atomic E-state index is 0.147. The number of aromatic nitrogens is 4. The Kier molecular flexibility index (Phi) is 5.11. The van der Waals surface area contributed by atoms with Crippen molar-refractivity contribution in [2.75, 3.05) is 20.1 Å². The fourth-order valence-electron chi connectivity index (χ4n) is 3.68. The Morgan fingerprint density at radius 2 is 2.07 bits per heavy atom. The number of hydrogen-bond acceptors (Lipinski definition) is 5. The summed E-state index contributed by atoms with van der Waals surface area (Å²) in [6, 6.07) is 10.9. The van der Waals surface area contributed by atoms with E-state index in [-0.39, 0.29) is 5.91 Å². The first-order valence-electron chi connectivity index (χ1n) is 9.35. The van der Waals surface area contributed by atoms with Crippen LogP contribution >= 0.6 is 0 Å². The van der Waals surface area contributed by atoms with Crippen LogP contribution in [0.25, 0.3) is 5.78 Å². The predicted molar refractivity (Wildman–Crippen MR) is 102 cm³/mol. The van der Waals surface area contributed by atoms with E-state index in [1.54, 1.807) is 10.7 Å². The fraction of sp³-hybridized carbons (Fsp3) is 0.400. The highest BCUT2D eigenvalue weighted by atomic mass is 16.2. The molecule has 3 aromatic rings. The number of hydrogen-bond donors (Lipinski definition) is 0. The average Bonchev–Trinajstić information content (AvgIpc) is 3.16. The number of amides is 1. The van der Waals surface area contributed by atoms with Gasteiger partial charge in [-0.3, -0.25) is 9.69 Å². The Balaban J connectivity index is 1.37. The Bertz CT molecular complexity index is 909. The lowest BCUT2D eigenvalue weighted by atomic mass is 10.0. The molecule has 3 heterocycles. The maximum Gasteiger partial charge on any atom is 0.252 e. The number of fused-ring (bicyclic) bond motifs is 1. The molecule has 0 aliphatic carbocycles. The van der Waals surface area contributed by atoms with Crippen molar-refractivity contribution in [3.8, 4) is 0 Å². The van der Waals surface area contributed by atoms with E-state index >= 15 is 0 Å². The molecule has 7 nitrogen and oxygen atoms in total. The number of carbonyl (C=O) groups excluding carboxylic acids is 1. The van der Waals surface area contributed by atoms with Gasteiger partial charge in [-0.15, -0.1) is 0 Å². The van der Waals surface area contributed by atoms with Crippen LogP contribution in [-0.4, -0.2) is 61.5 Å². The largest absolute Gasteiger partial charge is 0.341 e. The minimum Gasteiger partial charge on any atom is -0.341 e. The SMILES string of the molecule is CN(Cc1ccccc1)C1CCCN(C(=O)Cc2cnc3ncnn3c2)C1. The van der Waals surface area contributed by atoms with Crippen molar-refractivity contribution < 1.29 is 4.79 Å². The molecule has 1 aromatic carbocycles. The summed E-state index contributed by atoms with van der Waals surface area (Å²) in [5, 5.41) is 4.09. The maximum atomic E-state index is 12.8. The second-order valence-electron chi connectivity index (χ2n) is 7.18. The number of benzene rings is 1. The van der Waals surface area contributed by atoms with Gasteiger partial charge in [0.1, 0.15) is 6.33 Å². The highest BCUT2D eigenvalue weighted by molar-refractivity contribution is 5.78. The van der Waals surface area contributed by atoms with E-state index in [9.17, 15) is 4.79 Å². The molecular weight excluding hydrogens is 340 g/mol. The molecule has 0 saturated carbocycles. The van der Waals surface area contributed by atoms with Gasteiger partial charge < -0.3 is 4.90 Å². The first-order chi connectivity index (χ1) is 13.2.